The zero-order valence-corrected chi connectivity index (χ0v) is 20.9. The van der Waals surface area contributed by atoms with E-state index in [9.17, 15) is 14.4 Å². The summed E-state index contributed by atoms with van der Waals surface area (Å²) in [6.07, 6.45) is 3.54. The Bertz CT molecular complexity index is 1490. The van der Waals surface area contributed by atoms with Crippen LogP contribution in [0.5, 0.6) is 11.5 Å². The highest BCUT2D eigenvalue weighted by atomic mass is 79.9. The zero-order valence-electron chi connectivity index (χ0n) is 19.3. The third-order valence-electron chi connectivity index (χ3n) is 5.30. The molecule has 1 N–H and O–H groups in total. The van der Waals surface area contributed by atoms with Crippen LogP contribution in [0.3, 0.4) is 0 Å². The van der Waals surface area contributed by atoms with Crippen molar-refractivity contribution in [3.63, 3.8) is 0 Å². The summed E-state index contributed by atoms with van der Waals surface area (Å²) in [6.45, 7) is 0.385. The van der Waals surface area contributed by atoms with Gasteiger partial charge >= 0.3 is 11.6 Å². The van der Waals surface area contributed by atoms with E-state index in [0.29, 0.717) is 24.1 Å². The molecule has 0 fully saturated rings. The van der Waals surface area contributed by atoms with Crippen LogP contribution in [0.15, 0.2) is 92.6 Å². The number of halogens is 1. The van der Waals surface area contributed by atoms with Crippen molar-refractivity contribution in [1.82, 2.24) is 5.32 Å². The molecule has 4 aromatic rings. The Kier molecular flexibility index (Phi) is 7.97. The zero-order chi connectivity index (χ0) is 25.5. The number of ether oxygens (including phenoxy) is 2. The number of methoxy groups -OCH3 is 1. The van der Waals surface area contributed by atoms with Gasteiger partial charge in [0.2, 0.25) is 0 Å². The monoisotopic (exact) mass is 547 g/mol. The first-order valence-corrected chi connectivity index (χ1v) is 11.9. The molecule has 0 unspecified atom stereocenters. The van der Waals surface area contributed by atoms with Crippen LogP contribution in [-0.2, 0) is 11.2 Å². The fourth-order valence-electron chi connectivity index (χ4n) is 3.47. The Morgan fingerprint density at radius 1 is 1.03 bits per heavy atom. The molecule has 4 rings (SSSR count). The topological polar surface area (TPSA) is 94.8 Å². The summed E-state index contributed by atoms with van der Waals surface area (Å²) in [5.41, 5.74) is 1.20. The highest BCUT2D eigenvalue weighted by Crippen LogP contribution is 2.26. The molecule has 0 radical (unpaired) electrons. The molecule has 1 amide bonds. The molecule has 8 heteroatoms. The lowest BCUT2D eigenvalue weighted by Gasteiger charge is -2.07. The minimum Gasteiger partial charge on any atom is -0.496 e. The second-order valence-electron chi connectivity index (χ2n) is 7.79. The number of carbonyl (C=O) groups is 2. The van der Waals surface area contributed by atoms with Crippen LogP contribution in [0.25, 0.3) is 17.0 Å². The van der Waals surface area contributed by atoms with Gasteiger partial charge in [-0.3, -0.25) is 4.79 Å². The maximum Gasteiger partial charge on any atom is 0.349 e. The maximum absolute atomic E-state index is 12.5. The first-order valence-electron chi connectivity index (χ1n) is 11.1. The lowest BCUT2D eigenvalue weighted by molar-refractivity contribution is -0.128. The van der Waals surface area contributed by atoms with Gasteiger partial charge in [0.25, 0.3) is 5.91 Å². The van der Waals surface area contributed by atoms with Crippen LogP contribution in [0, 0.1) is 0 Å². The van der Waals surface area contributed by atoms with Crippen molar-refractivity contribution in [3.8, 4) is 11.5 Å². The van der Waals surface area contributed by atoms with Crippen molar-refractivity contribution in [1.29, 1.82) is 0 Å². The molecular formula is C28H22BrNO6. The van der Waals surface area contributed by atoms with Crippen molar-refractivity contribution in [2.24, 2.45) is 0 Å². The number of esters is 1. The molecule has 0 aliphatic rings. The van der Waals surface area contributed by atoms with E-state index in [0.717, 1.165) is 15.6 Å². The minimum atomic E-state index is -0.770. The lowest BCUT2D eigenvalue weighted by atomic mass is 10.1. The highest BCUT2D eigenvalue weighted by Gasteiger charge is 2.14. The van der Waals surface area contributed by atoms with E-state index in [2.05, 4.69) is 21.2 Å². The third-order valence-corrected chi connectivity index (χ3v) is 5.92. The summed E-state index contributed by atoms with van der Waals surface area (Å²) < 4.78 is 16.6. The fourth-order valence-corrected chi connectivity index (χ4v) is 4.03. The van der Waals surface area contributed by atoms with Crippen LogP contribution in [0.2, 0.25) is 0 Å². The molecule has 0 bridgehead atoms. The number of rotatable bonds is 8. The molecule has 0 aliphatic carbocycles. The van der Waals surface area contributed by atoms with Crippen LogP contribution in [0.1, 0.15) is 21.5 Å². The average Bonchev–Trinajstić information content (AvgIpc) is 2.87. The lowest BCUT2D eigenvalue weighted by Crippen LogP contribution is -2.29. The third kappa shape index (κ3) is 6.28. The molecule has 7 nitrogen and oxygen atoms in total. The second kappa shape index (κ2) is 11.5. The summed E-state index contributed by atoms with van der Waals surface area (Å²) >= 11 is 3.40. The van der Waals surface area contributed by atoms with E-state index in [-0.39, 0.29) is 16.9 Å². The summed E-state index contributed by atoms with van der Waals surface area (Å²) in [4.78, 5) is 37.2. The number of hydrogen-bond acceptors (Lipinski definition) is 6. The Labute approximate surface area is 215 Å². The predicted octanol–water partition coefficient (Wildman–Crippen LogP) is 5.16. The molecule has 0 spiro atoms. The van der Waals surface area contributed by atoms with Gasteiger partial charge in [0.1, 0.15) is 22.6 Å². The number of hydrogen-bond donors (Lipinski definition) is 1. The second-order valence-corrected chi connectivity index (χ2v) is 8.64. The largest absolute Gasteiger partial charge is 0.496 e. The van der Waals surface area contributed by atoms with Crippen LogP contribution in [-0.4, -0.2) is 25.5 Å². The van der Waals surface area contributed by atoms with Crippen LogP contribution in [0.4, 0.5) is 0 Å². The van der Waals surface area contributed by atoms with Gasteiger partial charge in [0.05, 0.1) is 11.6 Å². The summed E-state index contributed by atoms with van der Waals surface area (Å²) in [7, 11) is 1.57. The highest BCUT2D eigenvalue weighted by molar-refractivity contribution is 9.10. The molecule has 0 aliphatic heterocycles. The van der Waals surface area contributed by atoms with Crippen LogP contribution >= 0.6 is 15.9 Å². The molecule has 3 aromatic carbocycles. The standard InChI is InChI=1S/C28H22BrNO6/c1-34-24-11-7-19(15-23(24)29)8-12-26(31)35-21-10-9-20-16-22(28(33)36-25(20)17-21)27(32)30-14-13-18-5-3-2-4-6-18/h2-12,15-17H,13-14H2,1H3,(H,30,32)/b12-8+. The number of carbonyl (C=O) groups excluding carboxylic acids is 2. The number of benzene rings is 3. The Morgan fingerprint density at radius 2 is 1.83 bits per heavy atom. The summed E-state index contributed by atoms with van der Waals surface area (Å²) in [6, 6.07) is 21.2. The fraction of sp³-hybridized carbons (Fsp3) is 0.107. The number of nitrogens with one attached hydrogen (secondary N) is 1. The van der Waals surface area contributed by atoms with Gasteiger partial charge in [-0.2, -0.15) is 0 Å². The van der Waals surface area contributed by atoms with E-state index in [1.54, 1.807) is 37.5 Å². The molecule has 1 aromatic heterocycles. The maximum atomic E-state index is 12.5. The molecular weight excluding hydrogens is 526 g/mol. The number of fused-ring (bicyclic) bond motifs is 1. The van der Waals surface area contributed by atoms with Gasteiger partial charge in [-0.15, -0.1) is 0 Å². The molecule has 0 saturated heterocycles. The first-order chi connectivity index (χ1) is 17.4. The van der Waals surface area contributed by atoms with Gasteiger partial charge in [-0.25, -0.2) is 9.59 Å². The van der Waals surface area contributed by atoms with Gasteiger partial charge < -0.3 is 19.2 Å². The minimum absolute atomic E-state index is 0.0890. The molecule has 36 heavy (non-hydrogen) atoms. The normalized spacial score (nSPS) is 10.9. The van der Waals surface area contributed by atoms with E-state index in [1.807, 2.05) is 36.4 Å². The summed E-state index contributed by atoms with van der Waals surface area (Å²) in [5.74, 6) is -0.220. The molecule has 1 heterocycles. The van der Waals surface area contributed by atoms with E-state index in [1.165, 1.54) is 18.2 Å². The predicted molar refractivity (Wildman–Crippen MR) is 140 cm³/mol. The number of amides is 1. The molecule has 182 valence electrons. The van der Waals surface area contributed by atoms with E-state index >= 15 is 0 Å². The van der Waals surface area contributed by atoms with Crippen molar-refractivity contribution in [2.75, 3.05) is 13.7 Å². The van der Waals surface area contributed by atoms with Crippen molar-refractivity contribution >= 4 is 44.9 Å². The van der Waals surface area contributed by atoms with Crippen molar-refractivity contribution in [3.05, 3.63) is 110 Å². The van der Waals surface area contributed by atoms with Crippen molar-refractivity contribution < 1.29 is 23.5 Å². The quantitative estimate of drug-likeness (QED) is 0.142. The van der Waals surface area contributed by atoms with Gasteiger partial charge in [0, 0.05) is 24.1 Å². The van der Waals surface area contributed by atoms with E-state index < -0.39 is 17.5 Å². The first kappa shape index (κ1) is 24.9. The smallest absolute Gasteiger partial charge is 0.349 e. The van der Waals surface area contributed by atoms with Crippen molar-refractivity contribution in [2.45, 2.75) is 6.42 Å². The molecule has 0 atom stereocenters. The average molecular weight is 548 g/mol. The Balaban J connectivity index is 1.41. The summed E-state index contributed by atoms with van der Waals surface area (Å²) in [5, 5.41) is 3.27. The van der Waals surface area contributed by atoms with Gasteiger partial charge in [-0.05, 0) is 69.9 Å². The van der Waals surface area contributed by atoms with Crippen LogP contribution < -0.4 is 20.4 Å². The van der Waals surface area contributed by atoms with E-state index in [4.69, 9.17) is 13.9 Å². The SMILES string of the molecule is COc1ccc(/C=C/C(=O)Oc2ccc3cc(C(=O)NCCc4ccccc4)c(=O)oc3c2)cc1Br. The Morgan fingerprint density at radius 3 is 2.58 bits per heavy atom. The molecule has 0 saturated carbocycles. The Hall–Kier alpha value is -4.17. The van der Waals surface area contributed by atoms with Gasteiger partial charge in [-0.1, -0.05) is 36.4 Å². The van der Waals surface area contributed by atoms with Gasteiger partial charge in [0.15, 0.2) is 0 Å².